The van der Waals surface area contributed by atoms with E-state index in [4.69, 9.17) is 5.14 Å². The number of sulfonamides is 1. The summed E-state index contributed by atoms with van der Waals surface area (Å²) in [7, 11) is -3.64. The van der Waals surface area contributed by atoms with Gasteiger partial charge in [-0.25, -0.2) is 23.5 Å². The van der Waals surface area contributed by atoms with Crippen molar-refractivity contribution in [1.82, 2.24) is 9.97 Å². The van der Waals surface area contributed by atoms with Crippen LogP contribution in [-0.2, 0) is 16.6 Å². The molecule has 0 aliphatic rings. The highest BCUT2D eigenvalue weighted by atomic mass is 32.2. The summed E-state index contributed by atoms with van der Waals surface area (Å²) in [5.41, 5.74) is 1.79. The Hall–Kier alpha value is -1.99. The number of hydrogen-bond donors (Lipinski definition) is 2. The number of primary sulfonamides is 1. The van der Waals surface area contributed by atoms with Gasteiger partial charge in [0, 0.05) is 18.4 Å². The third-order valence-corrected chi connectivity index (χ3v) is 3.43. The second-order valence-corrected chi connectivity index (χ2v) is 5.63. The molecule has 0 unspecified atom stereocenters. The molecule has 2 aromatic rings. The zero-order valence-electron chi connectivity index (χ0n) is 10.4. The smallest absolute Gasteiger partial charge is 0.238 e. The molecule has 19 heavy (non-hydrogen) atoms. The van der Waals surface area contributed by atoms with Gasteiger partial charge in [0.05, 0.1) is 4.90 Å². The molecule has 6 nitrogen and oxygen atoms in total. The Labute approximate surface area is 111 Å². The third kappa shape index (κ3) is 3.73. The first kappa shape index (κ1) is 13.4. The molecule has 0 bridgehead atoms. The highest BCUT2D eigenvalue weighted by molar-refractivity contribution is 7.89. The lowest BCUT2D eigenvalue weighted by Crippen LogP contribution is -2.12. The lowest BCUT2D eigenvalue weighted by atomic mass is 10.2. The van der Waals surface area contributed by atoms with Crippen molar-refractivity contribution in [3.8, 4) is 0 Å². The van der Waals surface area contributed by atoms with Gasteiger partial charge in [-0.3, -0.25) is 0 Å². The average Bonchev–Trinajstić information content (AvgIpc) is 2.36. The molecule has 0 saturated heterocycles. The van der Waals surface area contributed by atoms with E-state index >= 15 is 0 Å². The molecule has 1 aromatic heterocycles. The van der Waals surface area contributed by atoms with E-state index in [2.05, 4.69) is 15.3 Å². The van der Waals surface area contributed by atoms with Crippen LogP contribution in [0.3, 0.4) is 0 Å². The van der Waals surface area contributed by atoms with Crippen molar-refractivity contribution < 1.29 is 8.42 Å². The average molecular weight is 278 g/mol. The molecule has 0 atom stereocenters. The van der Waals surface area contributed by atoms with Crippen LogP contribution >= 0.6 is 0 Å². The van der Waals surface area contributed by atoms with Gasteiger partial charge in [-0.1, -0.05) is 12.1 Å². The lowest BCUT2D eigenvalue weighted by Gasteiger charge is -2.06. The zero-order valence-corrected chi connectivity index (χ0v) is 11.2. The number of hydrogen-bond acceptors (Lipinski definition) is 5. The molecular formula is C12H14N4O2S. The maximum atomic E-state index is 11.1. The molecule has 0 spiro atoms. The minimum Gasteiger partial charge on any atom is -0.350 e. The van der Waals surface area contributed by atoms with E-state index in [9.17, 15) is 8.42 Å². The van der Waals surface area contributed by atoms with Gasteiger partial charge in [0.15, 0.2) is 0 Å². The molecule has 0 fully saturated rings. The molecular weight excluding hydrogens is 264 g/mol. The van der Waals surface area contributed by atoms with Gasteiger partial charge in [0.25, 0.3) is 0 Å². The number of anilines is 1. The minimum absolute atomic E-state index is 0.100. The van der Waals surface area contributed by atoms with Crippen molar-refractivity contribution in [3.63, 3.8) is 0 Å². The Morgan fingerprint density at radius 1 is 1.21 bits per heavy atom. The molecule has 1 heterocycles. The zero-order chi connectivity index (χ0) is 13.9. The van der Waals surface area contributed by atoms with Crippen molar-refractivity contribution >= 4 is 16.0 Å². The highest BCUT2D eigenvalue weighted by Gasteiger charge is 2.06. The molecule has 3 N–H and O–H groups in total. The predicted molar refractivity (Wildman–Crippen MR) is 71.9 cm³/mol. The molecule has 1 aromatic carbocycles. The fourth-order valence-corrected chi connectivity index (χ4v) is 2.03. The summed E-state index contributed by atoms with van der Waals surface area (Å²) in [6.45, 7) is 2.39. The first-order valence-corrected chi connectivity index (χ1v) is 7.15. The Morgan fingerprint density at radius 2 is 1.89 bits per heavy atom. The normalized spacial score (nSPS) is 11.3. The van der Waals surface area contributed by atoms with Crippen LogP contribution in [0.4, 0.5) is 5.95 Å². The van der Waals surface area contributed by atoms with E-state index in [0.29, 0.717) is 12.5 Å². The second kappa shape index (κ2) is 5.33. The summed E-state index contributed by atoms with van der Waals surface area (Å²) >= 11 is 0. The van der Waals surface area contributed by atoms with Crippen LogP contribution in [-0.4, -0.2) is 18.4 Å². The quantitative estimate of drug-likeness (QED) is 0.871. The van der Waals surface area contributed by atoms with E-state index in [0.717, 1.165) is 11.3 Å². The van der Waals surface area contributed by atoms with Gasteiger partial charge in [-0.05, 0) is 30.7 Å². The maximum Gasteiger partial charge on any atom is 0.238 e. The van der Waals surface area contributed by atoms with E-state index in [1.54, 1.807) is 18.3 Å². The summed E-state index contributed by atoms with van der Waals surface area (Å²) in [5.74, 6) is 0.538. The molecule has 0 saturated carbocycles. The molecule has 2 rings (SSSR count). The van der Waals surface area contributed by atoms with Crippen LogP contribution in [0, 0.1) is 6.92 Å². The van der Waals surface area contributed by atoms with Crippen molar-refractivity contribution in [1.29, 1.82) is 0 Å². The van der Waals surface area contributed by atoms with Crippen molar-refractivity contribution in [2.45, 2.75) is 18.4 Å². The molecule has 0 aliphatic heterocycles. The van der Waals surface area contributed by atoms with E-state index in [1.807, 2.05) is 13.0 Å². The summed E-state index contributed by atoms with van der Waals surface area (Å²) in [6, 6.07) is 8.16. The largest absolute Gasteiger partial charge is 0.350 e. The Morgan fingerprint density at radius 3 is 2.47 bits per heavy atom. The van der Waals surface area contributed by atoms with Crippen molar-refractivity contribution in [2.75, 3.05) is 5.32 Å². The van der Waals surface area contributed by atoms with Gasteiger partial charge in [-0.15, -0.1) is 0 Å². The van der Waals surface area contributed by atoms with Gasteiger partial charge in [0.2, 0.25) is 16.0 Å². The number of benzene rings is 1. The summed E-state index contributed by atoms with van der Waals surface area (Å²) in [5, 5.41) is 8.08. The van der Waals surface area contributed by atoms with Crippen molar-refractivity contribution in [2.24, 2.45) is 5.14 Å². The fourth-order valence-electron chi connectivity index (χ4n) is 1.51. The molecule has 100 valence electrons. The fraction of sp³-hybridized carbons (Fsp3) is 0.167. The number of nitrogens with one attached hydrogen (secondary N) is 1. The molecule has 7 heteroatoms. The Bertz CT molecular complexity index is 668. The van der Waals surface area contributed by atoms with Crippen LogP contribution < -0.4 is 10.5 Å². The number of rotatable bonds is 4. The summed E-state index contributed by atoms with van der Waals surface area (Å²) in [4.78, 5) is 8.38. The van der Waals surface area contributed by atoms with Crippen LogP contribution in [0.2, 0.25) is 0 Å². The second-order valence-electron chi connectivity index (χ2n) is 4.06. The van der Waals surface area contributed by atoms with Crippen LogP contribution in [0.1, 0.15) is 11.3 Å². The van der Waals surface area contributed by atoms with Crippen LogP contribution in [0.5, 0.6) is 0 Å². The number of nitrogens with two attached hydrogens (primary N) is 1. The topological polar surface area (TPSA) is 98.0 Å². The number of aromatic nitrogens is 2. The third-order valence-electron chi connectivity index (χ3n) is 2.50. The number of aryl methyl sites for hydroxylation is 1. The molecule has 0 amide bonds. The van der Waals surface area contributed by atoms with Gasteiger partial charge in [0.1, 0.15) is 0 Å². The summed E-state index contributed by atoms with van der Waals surface area (Å²) < 4.78 is 22.2. The molecule has 0 aliphatic carbocycles. The predicted octanol–water partition coefficient (Wildman–Crippen LogP) is 1.04. The van der Waals surface area contributed by atoms with Crippen LogP contribution in [0.15, 0.2) is 41.4 Å². The highest BCUT2D eigenvalue weighted by Crippen LogP contribution is 2.10. The van der Waals surface area contributed by atoms with E-state index < -0.39 is 10.0 Å². The maximum absolute atomic E-state index is 11.1. The van der Waals surface area contributed by atoms with Gasteiger partial charge >= 0.3 is 0 Å². The van der Waals surface area contributed by atoms with E-state index in [1.165, 1.54) is 12.1 Å². The minimum atomic E-state index is -3.64. The standard InChI is InChI=1S/C12H14N4O2S/c1-9-6-7-14-12(16-9)15-8-10-2-4-11(5-3-10)19(13,17)18/h2-7H,8H2,1H3,(H2,13,17,18)(H,14,15,16). The first-order valence-electron chi connectivity index (χ1n) is 5.60. The van der Waals surface area contributed by atoms with Gasteiger partial charge < -0.3 is 5.32 Å². The number of nitrogens with zero attached hydrogens (tertiary/aromatic N) is 2. The monoisotopic (exact) mass is 278 g/mol. The summed E-state index contributed by atoms with van der Waals surface area (Å²) in [6.07, 6.45) is 1.68. The van der Waals surface area contributed by atoms with Gasteiger partial charge in [-0.2, -0.15) is 0 Å². The lowest BCUT2D eigenvalue weighted by molar-refractivity contribution is 0.598. The molecule has 0 radical (unpaired) electrons. The first-order chi connectivity index (χ1) is 8.95. The van der Waals surface area contributed by atoms with Crippen molar-refractivity contribution in [3.05, 3.63) is 47.8 Å². The Kier molecular flexibility index (Phi) is 3.77. The SMILES string of the molecule is Cc1ccnc(NCc2ccc(S(N)(=O)=O)cc2)n1. The Balaban J connectivity index is 2.05. The van der Waals surface area contributed by atoms with Crippen LogP contribution in [0.25, 0.3) is 0 Å². The van der Waals surface area contributed by atoms with E-state index in [-0.39, 0.29) is 4.90 Å².